The van der Waals surface area contributed by atoms with E-state index < -0.39 is 0 Å². The molecule has 0 radical (unpaired) electrons. The molecule has 148 valence electrons. The number of benzene rings is 2. The maximum Gasteiger partial charge on any atom is 0.269 e. The van der Waals surface area contributed by atoms with E-state index in [4.69, 9.17) is 17.0 Å². The van der Waals surface area contributed by atoms with Crippen molar-refractivity contribution in [2.75, 3.05) is 6.61 Å². The Morgan fingerprint density at radius 1 is 1.00 bits per heavy atom. The Kier molecular flexibility index (Phi) is 7.95. The van der Waals surface area contributed by atoms with Gasteiger partial charge in [0.05, 0.1) is 6.61 Å². The van der Waals surface area contributed by atoms with Crippen LogP contribution in [0.1, 0.15) is 46.5 Å². The quantitative estimate of drug-likeness (QED) is 0.513. The van der Waals surface area contributed by atoms with Gasteiger partial charge in [-0.15, -0.1) is 0 Å². The average molecular weight is 400 g/mol. The Morgan fingerprint density at radius 3 is 2.32 bits per heavy atom. The fourth-order valence-corrected chi connectivity index (χ4v) is 2.47. The summed E-state index contributed by atoms with van der Waals surface area (Å²) in [5.74, 6) is 0.572. The molecule has 0 aliphatic rings. The third-order valence-electron chi connectivity index (χ3n) is 3.99. The minimum atomic E-state index is -0.378. The minimum absolute atomic E-state index is 0.00388. The van der Waals surface area contributed by atoms with Crippen molar-refractivity contribution in [1.29, 1.82) is 0 Å². The molecule has 0 aliphatic carbocycles. The molecule has 0 fully saturated rings. The summed E-state index contributed by atoms with van der Waals surface area (Å²) in [6.45, 7) is 6.75. The highest BCUT2D eigenvalue weighted by molar-refractivity contribution is 7.80. The molecule has 2 amide bonds. The van der Waals surface area contributed by atoms with E-state index in [1.54, 1.807) is 36.4 Å². The highest BCUT2D eigenvalue weighted by Gasteiger charge is 2.11. The molecule has 0 atom stereocenters. The predicted octanol–water partition coefficient (Wildman–Crippen LogP) is 3.37. The molecule has 0 aromatic heterocycles. The summed E-state index contributed by atoms with van der Waals surface area (Å²) in [5, 5.41) is 2.52. The summed E-state index contributed by atoms with van der Waals surface area (Å²) in [7, 11) is 0. The normalized spacial score (nSPS) is 10.3. The Hall–Kier alpha value is -2.93. The Balaban J connectivity index is 1.81. The van der Waals surface area contributed by atoms with E-state index in [1.165, 1.54) is 0 Å². The van der Waals surface area contributed by atoms with E-state index in [0.29, 0.717) is 29.4 Å². The largest absolute Gasteiger partial charge is 0.494 e. The van der Waals surface area contributed by atoms with Gasteiger partial charge in [0.15, 0.2) is 5.11 Å². The average Bonchev–Trinajstić information content (AvgIpc) is 2.66. The number of ether oxygens (including phenoxy) is 1. The van der Waals surface area contributed by atoms with Crippen LogP contribution in [-0.4, -0.2) is 23.5 Å². The maximum atomic E-state index is 12.2. The number of carbonyl (C=O) groups is 2. The van der Waals surface area contributed by atoms with Crippen LogP contribution in [0.4, 0.5) is 0 Å². The smallest absolute Gasteiger partial charge is 0.269 e. The number of hydrogen-bond acceptors (Lipinski definition) is 4. The summed E-state index contributed by atoms with van der Waals surface area (Å²) < 4.78 is 5.63. The molecule has 0 saturated heterocycles. The second kappa shape index (κ2) is 10.4. The van der Waals surface area contributed by atoms with Crippen LogP contribution in [0.25, 0.3) is 0 Å². The highest BCUT2D eigenvalue weighted by Crippen LogP contribution is 2.13. The van der Waals surface area contributed by atoms with Crippen molar-refractivity contribution < 1.29 is 14.3 Å². The van der Waals surface area contributed by atoms with Gasteiger partial charge in [0.1, 0.15) is 5.75 Å². The molecule has 0 unspecified atom stereocenters. The van der Waals surface area contributed by atoms with Gasteiger partial charge in [-0.3, -0.25) is 25.8 Å². The van der Waals surface area contributed by atoms with E-state index in [9.17, 15) is 9.59 Å². The topological polar surface area (TPSA) is 79.5 Å². The van der Waals surface area contributed by atoms with Gasteiger partial charge in [0, 0.05) is 11.1 Å². The Labute approximate surface area is 170 Å². The van der Waals surface area contributed by atoms with Crippen molar-refractivity contribution in [3.8, 4) is 5.75 Å². The number of nitrogens with one attached hydrogen (secondary N) is 3. The lowest BCUT2D eigenvalue weighted by Gasteiger charge is -2.12. The zero-order valence-corrected chi connectivity index (χ0v) is 17.1. The molecular formula is C21H25N3O3S. The van der Waals surface area contributed by atoms with Crippen LogP contribution in [-0.2, 0) is 0 Å². The molecule has 0 heterocycles. The fraction of sp³-hybridized carbons (Fsp3) is 0.286. The first-order chi connectivity index (χ1) is 13.4. The van der Waals surface area contributed by atoms with Gasteiger partial charge in [-0.25, -0.2) is 0 Å². The van der Waals surface area contributed by atoms with Crippen LogP contribution in [0.15, 0.2) is 48.5 Å². The lowest BCUT2D eigenvalue weighted by molar-refractivity contribution is 0.0934. The van der Waals surface area contributed by atoms with Gasteiger partial charge >= 0.3 is 0 Å². The number of aryl methyl sites for hydroxylation is 1. The number of hydrogen-bond donors (Lipinski definition) is 3. The molecule has 28 heavy (non-hydrogen) atoms. The molecular weight excluding hydrogens is 374 g/mol. The first-order valence-corrected chi connectivity index (χ1v) is 9.48. The fourth-order valence-electron chi connectivity index (χ4n) is 2.33. The SMILES string of the molecule is Cc1ccccc1C(=O)NNC(=S)NC(=O)c1ccc(OCCC(C)C)cc1. The van der Waals surface area contributed by atoms with Crippen molar-refractivity contribution in [3.05, 3.63) is 65.2 Å². The molecule has 2 aromatic rings. The van der Waals surface area contributed by atoms with Crippen molar-refractivity contribution in [3.63, 3.8) is 0 Å². The summed E-state index contributed by atoms with van der Waals surface area (Å²) in [6.07, 6.45) is 0.969. The van der Waals surface area contributed by atoms with Crippen molar-refractivity contribution >= 4 is 29.1 Å². The van der Waals surface area contributed by atoms with Crippen LogP contribution in [0.2, 0.25) is 0 Å². The van der Waals surface area contributed by atoms with E-state index in [-0.39, 0.29) is 16.9 Å². The molecule has 0 spiro atoms. The first-order valence-electron chi connectivity index (χ1n) is 9.07. The number of thiocarbonyl (C=S) groups is 1. The highest BCUT2D eigenvalue weighted by atomic mass is 32.1. The number of rotatable bonds is 6. The monoisotopic (exact) mass is 399 g/mol. The zero-order valence-electron chi connectivity index (χ0n) is 16.2. The molecule has 2 aromatic carbocycles. The van der Waals surface area contributed by atoms with Crippen LogP contribution in [0.3, 0.4) is 0 Å². The second-order valence-corrected chi connectivity index (χ2v) is 7.14. The lowest BCUT2D eigenvalue weighted by atomic mass is 10.1. The molecule has 6 nitrogen and oxygen atoms in total. The summed E-state index contributed by atoms with van der Waals surface area (Å²) in [4.78, 5) is 24.4. The third kappa shape index (κ3) is 6.66. The number of hydrazine groups is 1. The summed E-state index contributed by atoms with van der Waals surface area (Å²) in [6, 6.07) is 14.0. The van der Waals surface area contributed by atoms with Crippen molar-refractivity contribution in [1.82, 2.24) is 16.2 Å². The summed E-state index contributed by atoms with van der Waals surface area (Å²) >= 11 is 5.06. The molecule has 0 saturated carbocycles. The van der Waals surface area contributed by atoms with Crippen molar-refractivity contribution in [2.24, 2.45) is 5.92 Å². The number of amides is 2. The van der Waals surface area contributed by atoms with Gasteiger partial charge in [-0.2, -0.15) is 0 Å². The van der Waals surface area contributed by atoms with Crippen molar-refractivity contribution in [2.45, 2.75) is 27.2 Å². The molecule has 0 aliphatic heterocycles. The van der Waals surface area contributed by atoms with Gasteiger partial charge in [0.25, 0.3) is 11.8 Å². The van der Waals surface area contributed by atoms with Gasteiger partial charge < -0.3 is 4.74 Å². The van der Waals surface area contributed by atoms with E-state index >= 15 is 0 Å². The van der Waals surface area contributed by atoms with Crippen LogP contribution >= 0.6 is 12.2 Å². The standard InChI is InChI=1S/C21H25N3O3S/c1-14(2)12-13-27-17-10-8-16(9-11-17)19(25)22-21(28)24-23-20(26)18-7-5-4-6-15(18)3/h4-11,14H,12-13H2,1-3H3,(H,23,26)(H2,22,24,25,28). The predicted molar refractivity (Wildman–Crippen MR) is 113 cm³/mol. The van der Waals surface area contributed by atoms with E-state index in [2.05, 4.69) is 30.0 Å². The van der Waals surface area contributed by atoms with Crippen LogP contribution in [0.5, 0.6) is 5.75 Å². The van der Waals surface area contributed by atoms with E-state index in [0.717, 1.165) is 12.0 Å². The second-order valence-electron chi connectivity index (χ2n) is 6.73. The maximum absolute atomic E-state index is 12.2. The van der Waals surface area contributed by atoms with Gasteiger partial charge in [-0.05, 0) is 67.4 Å². The van der Waals surface area contributed by atoms with Gasteiger partial charge in [-0.1, -0.05) is 32.0 Å². The Bertz CT molecular complexity index is 835. The third-order valence-corrected chi connectivity index (χ3v) is 4.19. The zero-order chi connectivity index (χ0) is 20.5. The Morgan fingerprint density at radius 2 is 1.68 bits per heavy atom. The molecule has 2 rings (SSSR count). The summed E-state index contributed by atoms with van der Waals surface area (Å²) in [5.41, 5.74) is 6.81. The van der Waals surface area contributed by atoms with Crippen LogP contribution < -0.4 is 20.9 Å². The number of carbonyl (C=O) groups excluding carboxylic acids is 2. The lowest BCUT2D eigenvalue weighted by Crippen LogP contribution is -2.48. The molecule has 7 heteroatoms. The molecule has 3 N–H and O–H groups in total. The first kappa shape index (κ1) is 21.4. The minimum Gasteiger partial charge on any atom is -0.494 e. The van der Waals surface area contributed by atoms with Gasteiger partial charge in [0.2, 0.25) is 0 Å². The van der Waals surface area contributed by atoms with E-state index in [1.807, 2.05) is 19.1 Å². The molecule has 0 bridgehead atoms. The van der Waals surface area contributed by atoms with Crippen LogP contribution in [0, 0.1) is 12.8 Å².